The molecule has 19 heavy (non-hydrogen) atoms. The molecule has 106 valence electrons. The lowest BCUT2D eigenvalue weighted by atomic mass is 10.00. The third kappa shape index (κ3) is 2.21. The lowest BCUT2D eigenvalue weighted by molar-refractivity contribution is -0.141. The summed E-state index contributed by atoms with van der Waals surface area (Å²) in [5.41, 5.74) is 4.35. The Bertz CT molecular complexity index is 532. The van der Waals surface area contributed by atoms with Crippen LogP contribution in [0.1, 0.15) is 20.1 Å². The minimum atomic E-state index is -3.57. The Balaban J connectivity index is 2.42. The van der Waals surface area contributed by atoms with Gasteiger partial charge in [-0.1, -0.05) is 13.8 Å². The molecule has 2 heterocycles. The summed E-state index contributed by atoms with van der Waals surface area (Å²) >= 11 is 0. The number of nitrogens with two attached hydrogens (primary N) is 1. The van der Waals surface area contributed by atoms with Gasteiger partial charge in [-0.3, -0.25) is 4.57 Å². The van der Waals surface area contributed by atoms with Crippen LogP contribution in [0.5, 0.6) is 0 Å². The van der Waals surface area contributed by atoms with Gasteiger partial charge in [0, 0.05) is 6.20 Å². The van der Waals surface area contributed by atoms with Crippen molar-refractivity contribution >= 4 is 5.82 Å². The molecule has 0 radical (unpaired) electrons. The molecule has 1 aromatic heterocycles. The second-order valence-corrected chi connectivity index (χ2v) is 4.86. The number of aliphatic hydroxyl groups is 1. The predicted octanol–water partition coefficient (Wildman–Crippen LogP) is 0.375. The van der Waals surface area contributed by atoms with Crippen LogP contribution in [0.2, 0.25) is 0 Å². The van der Waals surface area contributed by atoms with E-state index in [1.54, 1.807) is 13.8 Å². The highest BCUT2D eigenvalue weighted by Gasteiger charge is 2.60. The Hall–Kier alpha value is -1.54. The van der Waals surface area contributed by atoms with Crippen LogP contribution >= 0.6 is 0 Å². The van der Waals surface area contributed by atoms with Gasteiger partial charge in [-0.15, -0.1) is 0 Å². The van der Waals surface area contributed by atoms with E-state index in [1.807, 2.05) is 0 Å². The number of rotatable bonds is 2. The van der Waals surface area contributed by atoms with Crippen molar-refractivity contribution in [3.8, 4) is 0 Å². The van der Waals surface area contributed by atoms with Crippen LogP contribution in [0, 0.1) is 5.92 Å². The number of aliphatic hydroxyl groups excluding tert-OH is 1. The number of ether oxygens (including phenoxy) is 1. The monoisotopic (exact) mass is 275 g/mol. The van der Waals surface area contributed by atoms with E-state index < -0.39 is 30.0 Å². The Morgan fingerprint density at radius 1 is 1.58 bits per heavy atom. The SMILES string of the molecule is CC(C)C1O[C@@H](n2ccc(N)nc2=O)C(F)(F)C1O. The third-order valence-electron chi connectivity index (χ3n) is 3.08. The first-order chi connectivity index (χ1) is 8.75. The number of hydrogen-bond acceptors (Lipinski definition) is 5. The van der Waals surface area contributed by atoms with Gasteiger partial charge < -0.3 is 15.6 Å². The van der Waals surface area contributed by atoms with Crippen molar-refractivity contribution in [1.29, 1.82) is 0 Å². The summed E-state index contributed by atoms with van der Waals surface area (Å²) in [4.78, 5) is 14.9. The third-order valence-corrected chi connectivity index (χ3v) is 3.08. The smallest absolute Gasteiger partial charge is 0.351 e. The maximum atomic E-state index is 14.0. The summed E-state index contributed by atoms with van der Waals surface area (Å²) in [6.45, 7) is 3.30. The number of hydrogen-bond donors (Lipinski definition) is 2. The first-order valence-electron chi connectivity index (χ1n) is 5.81. The average Bonchev–Trinajstić information content (AvgIpc) is 2.52. The van der Waals surface area contributed by atoms with E-state index in [1.165, 1.54) is 6.07 Å². The zero-order valence-electron chi connectivity index (χ0n) is 10.5. The van der Waals surface area contributed by atoms with Crippen molar-refractivity contribution < 1.29 is 18.6 Å². The molecule has 0 spiro atoms. The topological polar surface area (TPSA) is 90.4 Å². The Morgan fingerprint density at radius 3 is 2.68 bits per heavy atom. The maximum Gasteiger partial charge on any atom is 0.351 e. The number of nitrogen functional groups attached to an aromatic ring is 1. The van der Waals surface area contributed by atoms with Crippen LogP contribution in [0.3, 0.4) is 0 Å². The lowest BCUT2D eigenvalue weighted by Crippen LogP contribution is -2.42. The van der Waals surface area contributed by atoms with Crippen molar-refractivity contribution in [2.75, 3.05) is 5.73 Å². The normalized spacial score (nSPS) is 29.9. The molecule has 8 heteroatoms. The highest BCUT2D eigenvalue weighted by molar-refractivity contribution is 5.23. The molecular weight excluding hydrogens is 260 g/mol. The predicted molar refractivity (Wildman–Crippen MR) is 62.6 cm³/mol. The quantitative estimate of drug-likeness (QED) is 0.814. The molecule has 0 aromatic carbocycles. The molecule has 1 aliphatic rings. The molecule has 6 nitrogen and oxygen atoms in total. The standard InChI is InChI=1S/C11H15F2N3O3/c1-5(2)7-8(17)11(12,13)9(19-7)16-4-3-6(14)15-10(16)18/h3-5,7-9,17H,1-2H3,(H2,14,15,18)/t7?,8?,9-/m1/s1. The number of aromatic nitrogens is 2. The van der Waals surface area contributed by atoms with E-state index in [-0.39, 0.29) is 11.7 Å². The summed E-state index contributed by atoms with van der Waals surface area (Å²) in [5.74, 6) is -3.96. The second-order valence-electron chi connectivity index (χ2n) is 4.86. The molecule has 1 saturated heterocycles. The Labute approximate surface area is 107 Å². The first-order valence-corrected chi connectivity index (χ1v) is 5.81. The molecule has 2 rings (SSSR count). The number of nitrogens with zero attached hydrogens (tertiary/aromatic N) is 2. The molecular formula is C11H15F2N3O3. The minimum absolute atomic E-state index is 0.0662. The highest BCUT2D eigenvalue weighted by atomic mass is 19.3. The van der Waals surface area contributed by atoms with Crippen molar-refractivity contribution in [3.63, 3.8) is 0 Å². The molecule has 2 unspecified atom stereocenters. The Kier molecular flexibility index (Phi) is 3.31. The summed E-state index contributed by atoms with van der Waals surface area (Å²) in [6, 6.07) is 1.22. The van der Waals surface area contributed by atoms with Crippen LogP contribution in [0.15, 0.2) is 17.1 Å². The van der Waals surface area contributed by atoms with Crippen LogP contribution in [-0.2, 0) is 4.74 Å². The second kappa shape index (κ2) is 4.53. The zero-order chi connectivity index (χ0) is 14.4. The van der Waals surface area contributed by atoms with Gasteiger partial charge in [0.05, 0.1) is 6.10 Å². The molecule has 1 fully saturated rings. The van der Waals surface area contributed by atoms with Crippen molar-refractivity contribution in [1.82, 2.24) is 9.55 Å². The van der Waals surface area contributed by atoms with Gasteiger partial charge in [-0.25, -0.2) is 4.79 Å². The summed E-state index contributed by atoms with van der Waals surface area (Å²) in [6.07, 6.45) is -3.82. The number of alkyl halides is 2. The fourth-order valence-electron chi connectivity index (χ4n) is 2.06. The van der Waals surface area contributed by atoms with Crippen LogP contribution in [0.4, 0.5) is 14.6 Å². The van der Waals surface area contributed by atoms with Crippen molar-refractivity contribution in [2.45, 2.75) is 38.2 Å². The van der Waals surface area contributed by atoms with Gasteiger partial charge in [-0.05, 0) is 12.0 Å². The molecule has 0 saturated carbocycles. The molecule has 1 aromatic rings. The molecule has 0 aliphatic carbocycles. The van der Waals surface area contributed by atoms with Gasteiger partial charge in [0.1, 0.15) is 11.9 Å². The van der Waals surface area contributed by atoms with E-state index in [0.29, 0.717) is 4.57 Å². The largest absolute Gasteiger partial charge is 0.384 e. The zero-order valence-corrected chi connectivity index (χ0v) is 10.5. The maximum absolute atomic E-state index is 14.0. The molecule has 0 amide bonds. The molecule has 0 bridgehead atoms. The highest BCUT2D eigenvalue weighted by Crippen LogP contribution is 2.44. The van der Waals surface area contributed by atoms with Gasteiger partial charge in [0.25, 0.3) is 0 Å². The molecule has 3 N–H and O–H groups in total. The fraction of sp³-hybridized carbons (Fsp3) is 0.636. The van der Waals surface area contributed by atoms with Crippen LogP contribution < -0.4 is 11.4 Å². The van der Waals surface area contributed by atoms with E-state index in [9.17, 15) is 18.7 Å². The van der Waals surface area contributed by atoms with Gasteiger partial charge in [-0.2, -0.15) is 13.8 Å². The van der Waals surface area contributed by atoms with E-state index in [4.69, 9.17) is 10.5 Å². The van der Waals surface area contributed by atoms with E-state index in [2.05, 4.69) is 4.98 Å². The molecule has 3 atom stereocenters. The summed E-state index contributed by atoms with van der Waals surface area (Å²) in [5, 5.41) is 9.63. The van der Waals surface area contributed by atoms with Crippen molar-refractivity contribution in [3.05, 3.63) is 22.7 Å². The number of anilines is 1. The first kappa shape index (κ1) is 13.9. The van der Waals surface area contributed by atoms with Crippen LogP contribution in [0.25, 0.3) is 0 Å². The lowest BCUT2D eigenvalue weighted by Gasteiger charge is -2.21. The molecule has 1 aliphatic heterocycles. The van der Waals surface area contributed by atoms with Gasteiger partial charge in [0.2, 0.25) is 6.23 Å². The fourth-order valence-corrected chi connectivity index (χ4v) is 2.06. The van der Waals surface area contributed by atoms with E-state index in [0.717, 1.165) is 6.20 Å². The minimum Gasteiger partial charge on any atom is -0.384 e. The van der Waals surface area contributed by atoms with Gasteiger partial charge in [0.15, 0.2) is 0 Å². The average molecular weight is 275 g/mol. The van der Waals surface area contributed by atoms with Crippen molar-refractivity contribution in [2.24, 2.45) is 5.92 Å². The Morgan fingerprint density at radius 2 is 2.21 bits per heavy atom. The number of halogens is 2. The van der Waals surface area contributed by atoms with Crippen LogP contribution in [-0.4, -0.2) is 32.8 Å². The summed E-state index contributed by atoms with van der Waals surface area (Å²) < 4.78 is 33.8. The van der Waals surface area contributed by atoms with E-state index >= 15 is 0 Å². The summed E-state index contributed by atoms with van der Waals surface area (Å²) in [7, 11) is 0. The van der Waals surface area contributed by atoms with Gasteiger partial charge >= 0.3 is 11.6 Å².